The first-order chi connectivity index (χ1) is 16.2. The maximum Gasteiger partial charge on any atom is 0.119 e. The molecule has 180 valence electrons. The molecule has 1 aliphatic carbocycles. The van der Waals surface area contributed by atoms with E-state index in [2.05, 4.69) is 65.6 Å². The summed E-state index contributed by atoms with van der Waals surface area (Å²) in [6, 6.07) is 27.5. The number of nitrogens with zero attached hydrogens (tertiary/aromatic N) is 1. The first kappa shape index (κ1) is 24.8. The molecule has 5 rings (SSSR count). The Labute approximate surface area is 210 Å². The molecule has 3 aromatic carbocycles. The summed E-state index contributed by atoms with van der Waals surface area (Å²) in [5.74, 6) is 2.14. The van der Waals surface area contributed by atoms with Gasteiger partial charge in [0.1, 0.15) is 12.4 Å². The lowest BCUT2D eigenvalue weighted by atomic mass is 9.88. The average molecular weight is 478 g/mol. The van der Waals surface area contributed by atoms with Crippen molar-refractivity contribution in [1.82, 2.24) is 4.90 Å². The molecule has 0 saturated carbocycles. The van der Waals surface area contributed by atoms with Crippen molar-refractivity contribution in [3.05, 3.63) is 101 Å². The van der Waals surface area contributed by atoms with E-state index in [4.69, 9.17) is 4.74 Å². The molecule has 1 saturated heterocycles. The molecule has 0 unspecified atom stereocenters. The average Bonchev–Trinajstić information content (AvgIpc) is 3.03. The number of aliphatic hydroxyl groups is 1. The predicted molar refractivity (Wildman–Crippen MR) is 141 cm³/mol. The second kappa shape index (κ2) is 11.9. The molecule has 0 bridgehead atoms. The fourth-order valence-corrected chi connectivity index (χ4v) is 5.56. The molecule has 1 fully saturated rings. The van der Waals surface area contributed by atoms with E-state index < -0.39 is 0 Å². The van der Waals surface area contributed by atoms with Crippen LogP contribution in [0.1, 0.15) is 60.0 Å². The van der Waals surface area contributed by atoms with Gasteiger partial charge in [0.2, 0.25) is 0 Å². The molecular formula is C30H36ClNO2. The topological polar surface area (TPSA) is 32.7 Å². The first-order valence-electron chi connectivity index (χ1n) is 12.5. The zero-order chi connectivity index (χ0) is 22.5. The van der Waals surface area contributed by atoms with Crippen LogP contribution in [0.2, 0.25) is 0 Å². The lowest BCUT2D eigenvalue weighted by Gasteiger charge is -2.34. The Balaban J connectivity index is 0.00000274. The van der Waals surface area contributed by atoms with E-state index in [9.17, 15) is 5.11 Å². The van der Waals surface area contributed by atoms with Gasteiger partial charge in [0.05, 0.1) is 6.10 Å². The van der Waals surface area contributed by atoms with Gasteiger partial charge in [-0.05, 0) is 91.4 Å². The lowest BCUT2D eigenvalue weighted by Crippen LogP contribution is -2.36. The van der Waals surface area contributed by atoms with Crippen LogP contribution in [0.5, 0.6) is 5.75 Å². The van der Waals surface area contributed by atoms with Crippen LogP contribution in [-0.2, 0) is 13.0 Å². The van der Waals surface area contributed by atoms with Gasteiger partial charge >= 0.3 is 0 Å². The highest BCUT2D eigenvalue weighted by atomic mass is 35.5. The van der Waals surface area contributed by atoms with Crippen molar-refractivity contribution in [3.63, 3.8) is 0 Å². The van der Waals surface area contributed by atoms with Gasteiger partial charge in [0.15, 0.2) is 0 Å². The number of aliphatic hydroxyl groups excluding tert-OH is 1. The summed E-state index contributed by atoms with van der Waals surface area (Å²) in [5.41, 5.74) is 5.11. The highest BCUT2D eigenvalue weighted by molar-refractivity contribution is 5.85. The third-order valence-corrected chi connectivity index (χ3v) is 7.50. The van der Waals surface area contributed by atoms with Crippen LogP contribution in [0.15, 0.2) is 78.9 Å². The van der Waals surface area contributed by atoms with Crippen molar-refractivity contribution in [2.24, 2.45) is 5.92 Å². The molecule has 0 radical (unpaired) electrons. The largest absolute Gasteiger partial charge is 0.489 e. The number of hydrogen-bond donors (Lipinski definition) is 1. The minimum Gasteiger partial charge on any atom is -0.489 e. The predicted octanol–water partition coefficient (Wildman–Crippen LogP) is 6.55. The van der Waals surface area contributed by atoms with Crippen LogP contribution in [-0.4, -0.2) is 29.6 Å². The maximum atomic E-state index is 10.7. The maximum absolute atomic E-state index is 10.7. The van der Waals surface area contributed by atoms with Crippen LogP contribution < -0.4 is 4.74 Å². The van der Waals surface area contributed by atoms with Crippen molar-refractivity contribution in [3.8, 4) is 5.75 Å². The lowest BCUT2D eigenvalue weighted by molar-refractivity contribution is 0.117. The van der Waals surface area contributed by atoms with Gasteiger partial charge < -0.3 is 14.7 Å². The quantitative estimate of drug-likeness (QED) is 0.408. The zero-order valence-corrected chi connectivity index (χ0v) is 20.6. The fraction of sp³-hybridized carbons (Fsp3) is 0.400. The van der Waals surface area contributed by atoms with Gasteiger partial charge in [-0.25, -0.2) is 0 Å². The summed E-state index contributed by atoms with van der Waals surface area (Å²) >= 11 is 0. The molecule has 0 spiro atoms. The minimum absolute atomic E-state index is 0. The smallest absolute Gasteiger partial charge is 0.119 e. The Morgan fingerprint density at radius 1 is 0.824 bits per heavy atom. The number of benzene rings is 3. The second-order valence-electron chi connectivity index (χ2n) is 9.77. The molecule has 1 N–H and O–H groups in total. The van der Waals surface area contributed by atoms with Crippen LogP contribution in [0, 0.1) is 5.92 Å². The number of piperidine rings is 1. The van der Waals surface area contributed by atoms with Crippen LogP contribution >= 0.6 is 12.4 Å². The molecule has 34 heavy (non-hydrogen) atoms. The van der Waals surface area contributed by atoms with Crippen molar-refractivity contribution < 1.29 is 9.84 Å². The van der Waals surface area contributed by atoms with Gasteiger partial charge in [-0.3, -0.25) is 0 Å². The van der Waals surface area contributed by atoms with Gasteiger partial charge in [-0.1, -0.05) is 66.7 Å². The van der Waals surface area contributed by atoms with E-state index in [1.807, 2.05) is 18.2 Å². The van der Waals surface area contributed by atoms with E-state index >= 15 is 0 Å². The molecule has 1 heterocycles. The van der Waals surface area contributed by atoms with E-state index in [1.165, 1.54) is 36.0 Å². The van der Waals surface area contributed by atoms with Crippen LogP contribution in [0.3, 0.4) is 0 Å². The van der Waals surface area contributed by atoms with E-state index in [1.54, 1.807) is 0 Å². The minimum atomic E-state index is -0.311. The molecule has 3 aromatic rings. The molecule has 3 nitrogen and oxygen atoms in total. The Kier molecular flexibility index (Phi) is 8.66. The van der Waals surface area contributed by atoms with E-state index in [0.29, 0.717) is 18.4 Å². The number of fused-ring (bicyclic) bond motifs is 1. The van der Waals surface area contributed by atoms with Gasteiger partial charge in [0, 0.05) is 6.54 Å². The Morgan fingerprint density at radius 3 is 2.29 bits per heavy atom. The first-order valence-corrected chi connectivity index (χ1v) is 12.5. The van der Waals surface area contributed by atoms with Crippen molar-refractivity contribution in [1.29, 1.82) is 0 Å². The summed E-state index contributed by atoms with van der Waals surface area (Å²) in [6.07, 6.45) is 5.26. The summed E-state index contributed by atoms with van der Waals surface area (Å²) in [6.45, 7) is 4.02. The van der Waals surface area contributed by atoms with Gasteiger partial charge in [-0.15, -0.1) is 12.4 Å². The highest BCUT2D eigenvalue weighted by Crippen LogP contribution is 2.34. The summed E-state index contributed by atoms with van der Waals surface area (Å²) < 4.78 is 5.95. The number of halogens is 1. The molecule has 1 aliphatic heterocycles. The van der Waals surface area contributed by atoms with Crippen molar-refractivity contribution >= 4 is 12.4 Å². The third kappa shape index (κ3) is 6.21. The standard InChI is InChI=1S/C30H35NO2.ClH/c32-30-20-24(10-11-27-8-4-5-9-29(27)30)21-31-18-16-26(17-19-31)25-12-14-28(15-13-25)33-22-23-6-2-1-3-7-23;/h1-9,12-15,24,26,30,32H,10-11,16-22H2;1H/t24-,30-;/m0./s1. The summed E-state index contributed by atoms with van der Waals surface area (Å²) in [7, 11) is 0. The Morgan fingerprint density at radius 2 is 1.53 bits per heavy atom. The fourth-order valence-electron chi connectivity index (χ4n) is 5.56. The Hall–Kier alpha value is -2.33. The molecule has 2 atom stereocenters. The third-order valence-electron chi connectivity index (χ3n) is 7.50. The van der Waals surface area contributed by atoms with Crippen LogP contribution in [0.25, 0.3) is 0 Å². The number of ether oxygens (including phenoxy) is 1. The SMILES string of the molecule is Cl.O[C@H]1C[C@@H](CN2CCC(c3ccc(OCc4ccccc4)cc3)CC2)CCc2ccccc21. The number of hydrogen-bond acceptors (Lipinski definition) is 3. The van der Waals surface area contributed by atoms with Gasteiger partial charge in [0.25, 0.3) is 0 Å². The second-order valence-corrected chi connectivity index (χ2v) is 9.77. The normalized spacial score (nSPS) is 21.2. The molecule has 0 aromatic heterocycles. The number of aryl methyl sites for hydroxylation is 1. The van der Waals surface area contributed by atoms with Crippen LogP contribution in [0.4, 0.5) is 0 Å². The molecule has 0 amide bonds. The highest BCUT2D eigenvalue weighted by Gasteiger charge is 2.27. The van der Waals surface area contributed by atoms with E-state index in [-0.39, 0.29) is 18.5 Å². The summed E-state index contributed by atoms with van der Waals surface area (Å²) in [4.78, 5) is 2.63. The van der Waals surface area contributed by atoms with Crippen molar-refractivity contribution in [2.45, 2.75) is 50.7 Å². The van der Waals surface area contributed by atoms with Crippen molar-refractivity contribution in [2.75, 3.05) is 19.6 Å². The van der Waals surface area contributed by atoms with Gasteiger partial charge in [-0.2, -0.15) is 0 Å². The number of likely N-dealkylation sites (tertiary alicyclic amines) is 1. The molecule has 4 heteroatoms. The number of rotatable bonds is 6. The molecular weight excluding hydrogens is 442 g/mol. The van der Waals surface area contributed by atoms with E-state index in [0.717, 1.165) is 43.8 Å². The zero-order valence-electron chi connectivity index (χ0n) is 19.8. The monoisotopic (exact) mass is 477 g/mol. The molecule has 2 aliphatic rings. The Bertz CT molecular complexity index is 1020. The summed E-state index contributed by atoms with van der Waals surface area (Å²) in [5, 5.41) is 10.7.